The Labute approximate surface area is 189 Å². The molecule has 8 heteroatoms. The summed E-state index contributed by atoms with van der Waals surface area (Å²) in [6.45, 7) is 0. The lowest BCUT2D eigenvalue weighted by Gasteiger charge is -2.13. The summed E-state index contributed by atoms with van der Waals surface area (Å²) in [4.78, 5) is 23.5. The Hall–Kier alpha value is -4.59. The van der Waals surface area contributed by atoms with Crippen LogP contribution in [0.15, 0.2) is 73.4 Å². The minimum Gasteiger partial charge on any atom is -0.376 e. The molecular weight excluding hydrogens is 412 g/mol. The van der Waals surface area contributed by atoms with Crippen molar-refractivity contribution < 1.29 is 0 Å². The van der Waals surface area contributed by atoms with E-state index in [4.69, 9.17) is 4.98 Å². The highest BCUT2D eigenvalue weighted by Gasteiger charge is 2.16. The SMILES string of the molecule is CN(C)c1cncc(-c2ccc3[nH]nc(-c4nc5c(-c6ccccn6)cncc5[nH]4)c3c2)c1. The van der Waals surface area contributed by atoms with E-state index in [2.05, 4.69) is 48.3 Å². The number of pyridine rings is 3. The molecule has 6 rings (SSSR count). The van der Waals surface area contributed by atoms with Gasteiger partial charge in [-0.15, -0.1) is 0 Å². The molecule has 5 aromatic heterocycles. The molecule has 8 nitrogen and oxygen atoms in total. The highest BCUT2D eigenvalue weighted by Crippen LogP contribution is 2.32. The van der Waals surface area contributed by atoms with Crippen LogP contribution in [0, 0.1) is 0 Å². The highest BCUT2D eigenvalue weighted by atomic mass is 15.1. The summed E-state index contributed by atoms with van der Waals surface area (Å²) in [6, 6.07) is 14.2. The third-order valence-electron chi connectivity index (χ3n) is 5.70. The van der Waals surface area contributed by atoms with E-state index in [-0.39, 0.29) is 0 Å². The molecular formula is C25H20N8. The van der Waals surface area contributed by atoms with Crippen molar-refractivity contribution in [3.8, 4) is 33.9 Å². The molecule has 0 radical (unpaired) electrons. The zero-order chi connectivity index (χ0) is 22.4. The fourth-order valence-corrected chi connectivity index (χ4v) is 3.96. The van der Waals surface area contributed by atoms with Gasteiger partial charge >= 0.3 is 0 Å². The molecule has 0 bridgehead atoms. The van der Waals surface area contributed by atoms with Crippen LogP contribution in [-0.2, 0) is 0 Å². The molecule has 2 N–H and O–H groups in total. The lowest BCUT2D eigenvalue weighted by Crippen LogP contribution is -2.08. The molecule has 0 spiro atoms. The summed E-state index contributed by atoms with van der Waals surface area (Å²) < 4.78 is 0. The lowest BCUT2D eigenvalue weighted by molar-refractivity contribution is 1.11. The molecule has 6 aromatic rings. The number of fused-ring (bicyclic) bond motifs is 2. The van der Waals surface area contributed by atoms with Crippen LogP contribution in [0.4, 0.5) is 5.69 Å². The Morgan fingerprint density at radius 2 is 1.76 bits per heavy atom. The number of imidazole rings is 1. The van der Waals surface area contributed by atoms with Crippen molar-refractivity contribution in [3.63, 3.8) is 0 Å². The van der Waals surface area contributed by atoms with Gasteiger partial charge in [-0.2, -0.15) is 5.10 Å². The van der Waals surface area contributed by atoms with E-state index in [0.717, 1.165) is 55.7 Å². The van der Waals surface area contributed by atoms with E-state index in [1.54, 1.807) is 18.6 Å². The van der Waals surface area contributed by atoms with Crippen LogP contribution in [-0.4, -0.2) is 49.2 Å². The Morgan fingerprint density at radius 1 is 0.848 bits per heavy atom. The van der Waals surface area contributed by atoms with E-state index in [1.165, 1.54) is 0 Å². The van der Waals surface area contributed by atoms with Gasteiger partial charge in [0, 0.05) is 49.2 Å². The predicted octanol–water partition coefficient (Wildman–Crippen LogP) is 4.69. The van der Waals surface area contributed by atoms with Crippen molar-refractivity contribution in [1.82, 2.24) is 35.1 Å². The number of aromatic nitrogens is 7. The molecule has 1 aromatic carbocycles. The zero-order valence-corrected chi connectivity index (χ0v) is 18.1. The molecule has 0 aliphatic rings. The van der Waals surface area contributed by atoms with Crippen LogP contribution in [0.25, 0.3) is 55.8 Å². The van der Waals surface area contributed by atoms with Gasteiger partial charge in [0.05, 0.1) is 34.8 Å². The van der Waals surface area contributed by atoms with E-state index in [9.17, 15) is 0 Å². The smallest absolute Gasteiger partial charge is 0.159 e. The molecule has 0 amide bonds. The fourth-order valence-electron chi connectivity index (χ4n) is 3.96. The van der Waals surface area contributed by atoms with Gasteiger partial charge in [-0.25, -0.2) is 4.98 Å². The maximum absolute atomic E-state index is 4.88. The number of nitrogens with one attached hydrogen (secondary N) is 2. The molecule has 0 saturated heterocycles. The van der Waals surface area contributed by atoms with E-state index in [1.807, 2.05) is 55.7 Å². The van der Waals surface area contributed by atoms with Gasteiger partial charge in [0.15, 0.2) is 5.82 Å². The van der Waals surface area contributed by atoms with Gasteiger partial charge in [-0.1, -0.05) is 12.1 Å². The summed E-state index contributed by atoms with van der Waals surface area (Å²) in [5.74, 6) is 0.679. The standard InChI is InChI=1S/C25H20N8/c1-33(2)17-9-16(11-26-12-17)15-6-7-21-18(10-15)24(32-31-21)25-29-22-14-27-13-19(23(22)30-25)20-5-3-4-8-28-20/h3-14H,1-2H3,(H,29,30)(H,31,32). The average molecular weight is 432 g/mol. The normalized spacial score (nSPS) is 11.3. The Morgan fingerprint density at radius 3 is 2.61 bits per heavy atom. The molecule has 0 aliphatic heterocycles. The second-order valence-electron chi connectivity index (χ2n) is 8.04. The van der Waals surface area contributed by atoms with Crippen LogP contribution in [0.3, 0.4) is 0 Å². The van der Waals surface area contributed by atoms with Gasteiger partial charge < -0.3 is 9.88 Å². The number of hydrogen-bond acceptors (Lipinski definition) is 6. The topological polar surface area (TPSA) is 99.3 Å². The number of H-pyrrole nitrogens is 2. The maximum Gasteiger partial charge on any atom is 0.159 e. The number of nitrogens with zero attached hydrogens (tertiary/aromatic N) is 6. The van der Waals surface area contributed by atoms with Crippen molar-refractivity contribution in [1.29, 1.82) is 0 Å². The molecule has 0 unspecified atom stereocenters. The van der Waals surface area contributed by atoms with Gasteiger partial charge in [-0.05, 0) is 35.9 Å². The van der Waals surface area contributed by atoms with Gasteiger partial charge in [-0.3, -0.25) is 20.1 Å². The minimum absolute atomic E-state index is 0.679. The van der Waals surface area contributed by atoms with Crippen LogP contribution >= 0.6 is 0 Å². The molecule has 0 aliphatic carbocycles. The van der Waals surface area contributed by atoms with E-state index >= 15 is 0 Å². The summed E-state index contributed by atoms with van der Waals surface area (Å²) in [7, 11) is 4.02. The number of rotatable bonds is 4. The molecule has 5 heterocycles. The monoisotopic (exact) mass is 432 g/mol. The third kappa shape index (κ3) is 3.28. The van der Waals surface area contributed by atoms with Crippen molar-refractivity contribution in [3.05, 3.63) is 73.4 Å². The van der Waals surface area contributed by atoms with Crippen LogP contribution in [0.5, 0.6) is 0 Å². The number of anilines is 1. The second-order valence-corrected chi connectivity index (χ2v) is 8.04. The second kappa shape index (κ2) is 7.52. The Balaban J connectivity index is 1.48. The molecule has 0 fully saturated rings. The predicted molar refractivity (Wildman–Crippen MR) is 130 cm³/mol. The van der Waals surface area contributed by atoms with Gasteiger partial charge in [0.1, 0.15) is 11.2 Å². The zero-order valence-electron chi connectivity index (χ0n) is 18.1. The quantitative estimate of drug-likeness (QED) is 0.419. The van der Waals surface area contributed by atoms with Gasteiger partial charge in [0.2, 0.25) is 0 Å². The summed E-state index contributed by atoms with van der Waals surface area (Å²) >= 11 is 0. The first-order valence-electron chi connectivity index (χ1n) is 10.5. The summed E-state index contributed by atoms with van der Waals surface area (Å²) in [6.07, 6.45) is 9.06. The first kappa shape index (κ1) is 19.1. The van der Waals surface area contributed by atoms with E-state index < -0.39 is 0 Å². The van der Waals surface area contributed by atoms with Crippen molar-refractivity contribution >= 4 is 27.6 Å². The fraction of sp³-hybridized carbons (Fsp3) is 0.0800. The highest BCUT2D eigenvalue weighted by molar-refractivity contribution is 5.97. The maximum atomic E-state index is 4.88. The molecule has 33 heavy (non-hydrogen) atoms. The Bertz CT molecular complexity index is 1600. The number of benzene rings is 1. The minimum atomic E-state index is 0.679. The summed E-state index contributed by atoms with van der Waals surface area (Å²) in [5.41, 5.74) is 8.21. The van der Waals surface area contributed by atoms with Crippen LogP contribution in [0.2, 0.25) is 0 Å². The van der Waals surface area contributed by atoms with E-state index in [0.29, 0.717) is 5.82 Å². The largest absolute Gasteiger partial charge is 0.376 e. The van der Waals surface area contributed by atoms with Crippen molar-refractivity contribution in [2.24, 2.45) is 0 Å². The third-order valence-corrected chi connectivity index (χ3v) is 5.70. The first-order valence-corrected chi connectivity index (χ1v) is 10.5. The molecule has 160 valence electrons. The van der Waals surface area contributed by atoms with Crippen LogP contribution < -0.4 is 4.90 Å². The lowest BCUT2D eigenvalue weighted by atomic mass is 10.0. The van der Waals surface area contributed by atoms with Crippen molar-refractivity contribution in [2.45, 2.75) is 0 Å². The van der Waals surface area contributed by atoms with Crippen molar-refractivity contribution in [2.75, 3.05) is 19.0 Å². The number of hydrogen-bond donors (Lipinski definition) is 2. The Kier molecular flexibility index (Phi) is 4.36. The molecule has 0 atom stereocenters. The number of aromatic amines is 2. The molecule has 0 saturated carbocycles. The van der Waals surface area contributed by atoms with Gasteiger partial charge in [0.25, 0.3) is 0 Å². The average Bonchev–Trinajstić information content (AvgIpc) is 3.48. The van der Waals surface area contributed by atoms with Crippen LogP contribution in [0.1, 0.15) is 0 Å². The first-order chi connectivity index (χ1) is 16.2. The summed E-state index contributed by atoms with van der Waals surface area (Å²) in [5, 5.41) is 8.67.